The predicted octanol–water partition coefficient (Wildman–Crippen LogP) is 1.92. The number of ketones is 1. The summed E-state index contributed by atoms with van der Waals surface area (Å²) in [5.74, 6) is -2.88. The lowest BCUT2D eigenvalue weighted by Crippen LogP contribution is -2.42. The van der Waals surface area contributed by atoms with Crippen molar-refractivity contribution in [2.75, 3.05) is 19.7 Å². The van der Waals surface area contributed by atoms with Crippen molar-refractivity contribution >= 4 is 11.7 Å². The van der Waals surface area contributed by atoms with Gasteiger partial charge >= 0.3 is 0 Å². The Morgan fingerprint density at radius 1 is 1.33 bits per heavy atom. The third-order valence-electron chi connectivity index (χ3n) is 3.73. The van der Waals surface area contributed by atoms with E-state index < -0.39 is 5.92 Å². The molecule has 1 saturated heterocycles. The molecule has 0 unspecified atom stereocenters. The maximum Gasteiger partial charge on any atom is 0.255 e. The van der Waals surface area contributed by atoms with Gasteiger partial charge in [0.1, 0.15) is 11.4 Å². The van der Waals surface area contributed by atoms with Crippen LogP contribution in [0.3, 0.4) is 0 Å². The zero-order valence-corrected chi connectivity index (χ0v) is 11.3. The van der Waals surface area contributed by atoms with Gasteiger partial charge in [-0.1, -0.05) is 0 Å². The van der Waals surface area contributed by atoms with Crippen LogP contribution >= 0.6 is 0 Å². The van der Waals surface area contributed by atoms with Crippen LogP contribution < -0.4 is 4.74 Å². The van der Waals surface area contributed by atoms with E-state index >= 15 is 0 Å². The fraction of sp³-hybridized carbons (Fsp3) is 0.500. The number of alkyl halides is 2. The third kappa shape index (κ3) is 2.72. The smallest absolute Gasteiger partial charge is 0.255 e. The highest BCUT2D eigenvalue weighted by atomic mass is 19.3. The van der Waals surface area contributed by atoms with Crippen molar-refractivity contribution in [1.82, 2.24) is 9.88 Å². The zero-order valence-electron chi connectivity index (χ0n) is 11.3. The van der Waals surface area contributed by atoms with E-state index in [0.717, 1.165) is 0 Å². The van der Waals surface area contributed by atoms with Crippen LogP contribution in [0.1, 0.15) is 40.1 Å². The van der Waals surface area contributed by atoms with E-state index in [1.807, 2.05) is 0 Å². The number of fused-ring (bicyclic) bond motifs is 1. The van der Waals surface area contributed by atoms with E-state index in [1.54, 1.807) is 0 Å². The van der Waals surface area contributed by atoms with E-state index in [1.165, 1.54) is 17.2 Å². The average molecular weight is 296 g/mol. The minimum Gasteiger partial charge on any atom is -0.491 e. The van der Waals surface area contributed by atoms with Gasteiger partial charge in [-0.15, -0.1) is 0 Å². The molecule has 3 rings (SSSR count). The van der Waals surface area contributed by atoms with E-state index in [-0.39, 0.29) is 61.9 Å². The van der Waals surface area contributed by atoms with Gasteiger partial charge in [-0.2, -0.15) is 0 Å². The van der Waals surface area contributed by atoms with E-state index in [2.05, 4.69) is 4.98 Å². The number of Topliss-reactive ketones (excluding diaryl/α,β-unsaturated/α-hetero) is 1. The molecule has 2 aliphatic rings. The summed E-state index contributed by atoms with van der Waals surface area (Å²) in [4.78, 5) is 29.3. The summed E-state index contributed by atoms with van der Waals surface area (Å²) in [6.45, 7) is 0.298. The normalized spacial score (nSPS) is 20.7. The highest BCUT2D eigenvalue weighted by molar-refractivity contribution is 6.00. The summed E-state index contributed by atoms with van der Waals surface area (Å²) in [6.07, 6.45) is 0.924. The molecule has 1 amide bonds. The minimum atomic E-state index is -2.69. The van der Waals surface area contributed by atoms with Crippen molar-refractivity contribution in [3.8, 4) is 5.75 Å². The van der Waals surface area contributed by atoms with Gasteiger partial charge in [-0.3, -0.25) is 9.59 Å². The number of hydrogen-bond donors (Lipinski definition) is 0. The highest BCUT2D eigenvalue weighted by Crippen LogP contribution is 2.29. The molecule has 0 saturated carbocycles. The molecule has 0 aromatic carbocycles. The van der Waals surface area contributed by atoms with Gasteiger partial charge in [0.25, 0.3) is 11.8 Å². The molecular formula is C14H14F2N2O3. The number of aromatic nitrogens is 1. The van der Waals surface area contributed by atoms with Crippen LogP contribution in [0.2, 0.25) is 0 Å². The fourth-order valence-corrected chi connectivity index (χ4v) is 2.47. The SMILES string of the molecule is O=C1CCOc2cc(C(=O)N3CCC(F)(F)CC3)cnc21. The van der Waals surface area contributed by atoms with E-state index in [4.69, 9.17) is 4.74 Å². The minimum absolute atomic E-state index is 0.0166. The van der Waals surface area contributed by atoms with Crippen molar-refractivity contribution in [1.29, 1.82) is 0 Å². The van der Waals surface area contributed by atoms with Gasteiger partial charge in [0.2, 0.25) is 0 Å². The molecule has 0 bridgehead atoms. The number of carbonyl (C=O) groups is 2. The van der Waals surface area contributed by atoms with Gasteiger partial charge in [0.05, 0.1) is 12.2 Å². The Morgan fingerprint density at radius 3 is 2.76 bits per heavy atom. The molecule has 3 heterocycles. The summed E-state index contributed by atoms with van der Waals surface area (Å²) < 4.78 is 31.5. The Hall–Kier alpha value is -2.05. The lowest BCUT2D eigenvalue weighted by Gasteiger charge is -2.31. The van der Waals surface area contributed by atoms with Crippen LogP contribution in [0.5, 0.6) is 5.75 Å². The number of halogens is 2. The number of rotatable bonds is 1. The molecule has 0 atom stereocenters. The quantitative estimate of drug-likeness (QED) is 0.794. The zero-order chi connectivity index (χ0) is 15.0. The number of pyridine rings is 1. The van der Waals surface area contributed by atoms with Gasteiger partial charge in [-0.25, -0.2) is 13.8 Å². The molecule has 1 aromatic rings. The second-order valence-electron chi connectivity index (χ2n) is 5.24. The first kappa shape index (κ1) is 13.9. The number of nitrogens with zero attached hydrogens (tertiary/aromatic N) is 2. The Balaban J connectivity index is 1.78. The molecular weight excluding hydrogens is 282 g/mol. The standard InChI is InChI=1S/C14H14F2N2O3/c15-14(16)2-4-18(5-3-14)13(20)9-7-11-12(17-8-9)10(19)1-6-21-11/h7-8H,1-6H2. The molecule has 2 aliphatic heterocycles. The van der Waals surface area contributed by atoms with Crippen molar-refractivity contribution in [3.05, 3.63) is 23.5 Å². The fourth-order valence-electron chi connectivity index (χ4n) is 2.47. The molecule has 0 aliphatic carbocycles. The molecule has 112 valence electrons. The maximum atomic E-state index is 13.1. The monoisotopic (exact) mass is 296 g/mol. The Kier molecular flexibility index (Phi) is 3.35. The summed E-state index contributed by atoms with van der Waals surface area (Å²) in [5.41, 5.74) is 0.483. The lowest BCUT2D eigenvalue weighted by atomic mass is 10.1. The van der Waals surface area contributed by atoms with Gasteiger partial charge in [0, 0.05) is 38.5 Å². The molecule has 5 nitrogen and oxygen atoms in total. The number of hydrogen-bond acceptors (Lipinski definition) is 4. The largest absolute Gasteiger partial charge is 0.491 e. The molecule has 1 fully saturated rings. The number of amides is 1. The number of carbonyl (C=O) groups excluding carboxylic acids is 2. The van der Waals surface area contributed by atoms with Crippen LogP contribution in [0, 0.1) is 0 Å². The molecule has 7 heteroatoms. The maximum absolute atomic E-state index is 13.1. The predicted molar refractivity (Wildman–Crippen MR) is 68.8 cm³/mol. The van der Waals surface area contributed by atoms with Crippen molar-refractivity contribution in [2.24, 2.45) is 0 Å². The first-order valence-corrected chi connectivity index (χ1v) is 6.79. The summed E-state index contributed by atoms with van der Waals surface area (Å²) in [7, 11) is 0. The Labute approximate surface area is 119 Å². The second-order valence-corrected chi connectivity index (χ2v) is 5.24. The van der Waals surface area contributed by atoms with Crippen LogP contribution in [0.4, 0.5) is 8.78 Å². The van der Waals surface area contributed by atoms with E-state index in [0.29, 0.717) is 5.75 Å². The number of piperidine rings is 1. The molecule has 21 heavy (non-hydrogen) atoms. The summed E-state index contributed by atoms with van der Waals surface area (Å²) >= 11 is 0. The molecule has 1 aromatic heterocycles. The number of likely N-dealkylation sites (tertiary alicyclic amines) is 1. The summed E-state index contributed by atoms with van der Waals surface area (Å²) in [6, 6.07) is 1.47. The van der Waals surface area contributed by atoms with Crippen LogP contribution in [0.15, 0.2) is 12.3 Å². The second kappa shape index (κ2) is 5.05. The average Bonchev–Trinajstić information content (AvgIpc) is 2.46. The first-order valence-electron chi connectivity index (χ1n) is 6.79. The van der Waals surface area contributed by atoms with Crippen LogP contribution in [-0.4, -0.2) is 47.2 Å². The van der Waals surface area contributed by atoms with Gasteiger partial charge in [0.15, 0.2) is 5.78 Å². The lowest BCUT2D eigenvalue weighted by molar-refractivity contribution is -0.0494. The van der Waals surface area contributed by atoms with E-state index in [9.17, 15) is 18.4 Å². The molecule has 0 radical (unpaired) electrons. The topological polar surface area (TPSA) is 59.5 Å². The molecule has 0 N–H and O–H groups in total. The van der Waals surface area contributed by atoms with Crippen molar-refractivity contribution in [2.45, 2.75) is 25.2 Å². The van der Waals surface area contributed by atoms with Gasteiger partial charge in [-0.05, 0) is 6.07 Å². The third-order valence-corrected chi connectivity index (χ3v) is 3.73. The van der Waals surface area contributed by atoms with Crippen molar-refractivity contribution < 1.29 is 23.1 Å². The highest BCUT2D eigenvalue weighted by Gasteiger charge is 2.36. The molecule has 0 spiro atoms. The van der Waals surface area contributed by atoms with Gasteiger partial charge < -0.3 is 9.64 Å². The van der Waals surface area contributed by atoms with Crippen LogP contribution in [0.25, 0.3) is 0 Å². The Morgan fingerprint density at radius 2 is 2.05 bits per heavy atom. The number of ether oxygens (including phenoxy) is 1. The Bertz CT molecular complexity index is 594. The van der Waals surface area contributed by atoms with Crippen LogP contribution in [-0.2, 0) is 0 Å². The summed E-state index contributed by atoms with van der Waals surface area (Å²) in [5, 5.41) is 0. The van der Waals surface area contributed by atoms with Crippen molar-refractivity contribution in [3.63, 3.8) is 0 Å². The first-order chi connectivity index (χ1) is 9.96.